The van der Waals surface area contributed by atoms with Gasteiger partial charge in [0, 0.05) is 11.5 Å². The smallest absolute Gasteiger partial charge is 0.337 e. The number of amides is 1. The summed E-state index contributed by atoms with van der Waals surface area (Å²) in [5, 5.41) is 12.1. The summed E-state index contributed by atoms with van der Waals surface area (Å²) in [5.74, 6) is -0.656. The van der Waals surface area contributed by atoms with E-state index in [9.17, 15) is 14.7 Å². The number of carbonyl (C=O) groups excluding carboxylic acids is 1. The Morgan fingerprint density at radius 3 is 2.46 bits per heavy atom. The van der Waals surface area contributed by atoms with Crippen LogP contribution >= 0.6 is 0 Å². The number of hydrogen-bond donors (Lipinski definition) is 2. The van der Waals surface area contributed by atoms with Crippen molar-refractivity contribution in [3.63, 3.8) is 0 Å². The van der Waals surface area contributed by atoms with E-state index < -0.39 is 5.97 Å². The summed E-state index contributed by atoms with van der Waals surface area (Å²) in [6, 6.07) is 10.4. The number of hydrogen-bond acceptors (Lipinski definition) is 3. The van der Waals surface area contributed by atoms with E-state index in [1.165, 1.54) is 6.07 Å². The number of fused-ring (bicyclic) bond motifs is 1. The molecule has 2 aromatic rings. The van der Waals surface area contributed by atoms with Crippen LogP contribution in [0.25, 0.3) is 0 Å². The van der Waals surface area contributed by atoms with Gasteiger partial charge in [-0.25, -0.2) is 4.79 Å². The quantitative estimate of drug-likeness (QED) is 0.899. The van der Waals surface area contributed by atoms with Gasteiger partial charge in [0.25, 0.3) is 5.91 Å². The SMILES string of the molecule is Cc1cccc(C(=O)O)c1NC(=O)c1cccc2c1OC(C)C2C. The molecule has 2 atom stereocenters. The minimum absolute atomic E-state index is 0.00184. The molecule has 0 aromatic heterocycles. The van der Waals surface area contributed by atoms with Crippen LogP contribution in [0.4, 0.5) is 5.69 Å². The highest BCUT2D eigenvalue weighted by Gasteiger charge is 2.31. The monoisotopic (exact) mass is 325 g/mol. The number of rotatable bonds is 3. The van der Waals surface area contributed by atoms with Crippen molar-refractivity contribution in [2.45, 2.75) is 32.8 Å². The van der Waals surface area contributed by atoms with Crippen LogP contribution < -0.4 is 10.1 Å². The molecule has 5 nitrogen and oxygen atoms in total. The number of nitrogens with one attached hydrogen (secondary N) is 1. The Labute approximate surface area is 140 Å². The molecular formula is C19H19NO4. The van der Waals surface area contributed by atoms with Gasteiger partial charge < -0.3 is 15.2 Å². The molecule has 1 aliphatic rings. The summed E-state index contributed by atoms with van der Waals surface area (Å²) in [6.45, 7) is 5.79. The molecule has 0 aliphatic carbocycles. The Balaban J connectivity index is 1.98. The van der Waals surface area contributed by atoms with E-state index in [1.54, 1.807) is 25.1 Å². The normalized spacial score (nSPS) is 18.6. The molecule has 3 rings (SSSR count). The van der Waals surface area contributed by atoms with Crippen LogP contribution in [0, 0.1) is 6.92 Å². The van der Waals surface area contributed by atoms with E-state index >= 15 is 0 Å². The van der Waals surface area contributed by atoms with Crippen LogP contribution in [0.15, 0.2) is 36.4 Å². The van der Waals surface area contributed by atoms with E-state index in [2.05, 4.69) is 12.2 Å². The molecule has 0 saturated heterocycles. The van der Waals surface area contributed by atoms with E-state index in [0.29, 0.717) is 22.6 Å². The third-order valence-electron chi connectivity index (χ3n) is 4.53. The molecule has 124 valence electrons. The fourth-order valence-electron chi connectivity index (χ4n) is 2.96. The zero-order valence-corrected chi connectivity index (χ0v) is 13.8. The molecule has 0 saturated carbocycles. The lowest BCUT2D eigenvalue weighted by molar-refractivity contribution is 0.0698. The van der Waals surface area contributed by atoms with E-state index in [-0.39, 0.29) is 23.5 Å². The predicted octanol–water partition coefficient (Wildman–Crippen LogP) is 3.83. The molecular weight excluding hydrogens is 306 g/mol. The van der Waals surface area contributed by atoms with Crippen molar-refractivity contribution in [3.8, 4) is 5.75 Å². The molecule has 1 aliphatic heterocycles. The van der Waals surface area contributed by atoms with Crippen LogP contribution in [0.5, 0.6) is 5.75 Å². The number of aryl methyl sites for hydroxylation is 1. The molecule has 0 bridgehead atoms. The molecule has 2 unspecified atom stereocenters. The largest absolute Gasteiger partial charge is 0.489 e. The number of ether oxygens (including phenoxy) is 1. The molecule has 1 amide bonds. The zero-order chi connectivity index (χ0) is 17.4. The van der Waals surface area contributed by atoms with E-state index in [1.807, 2.05) is 19.1 Å². The summed E-state index contributed by atoms with van der Waals surface area (Å²) in [7, 11) is 0. The van der Waals surface area contributed by atoms with Crippen molar-refractivity contribution >= 4 is 17.6 Å². The summed E-state index contributed by atoms with van der Waals surface area (Å²) in [5.41, 5.74) is 2.49. The molecule has 0 spiro atoms. The van der Waals surface area contributed by atoms with Gasteiger partial charge in [-0.1, -0.05) is 31.2 Å². The Morgan fingerprint density at radius 2 is 1.75 bits per heavy atom. The molecule has 1 heterocycles. The van der Waals surface area contributed by atoms with Crippen LogP contribution in [0.1, 0.15) is 51.6 Å². The predicted molar refractivity (Wildman–Crippen MR) is 91.0 cm³/mol. The first-order chi connectivity index (χ1) is 11.4. The van der Waals surface area contributed by atoms with Gasteiger partial charge in [0.2, 0.25) is 0 Å². The van der Waals surface area contributed by atoms with Crippen molar-refractivity contribution in [3.05, 3.63) is 58.7 Å². The highest BCUT2D eigenvalue weighted by atomic mass is 16.5. The first-order valence-electron chi connectivity index (χ1n) is 7.84. The second-order valence-electron chi connectivity index (χ2n) is 6.09. The number of carbonyl (C=O) groups is 2. The molecule has 2 N–H and O–H groups in total. The second-order valence-corrected chi connectivity index (χ2v) is 6.09. The van der Waals surface area contributed by atoms with Gasteiger partial charge in [-0.15, -0.1) is 0 Å². The van der Waals surface area contributed by atoms with Crippen LogP contribution in [0.3, 0.4) is 0 Å². The lowest BCUT2D eigenvalue weighted by Gasteiger charge is -2.13. The van der Waals surface area contributed by atoms with Gasteiger partial charge in [0.05, 0.1) is 16.8 Å². The fraction of sp³-hybridized carbons (Fsp3) is 0.263. The van der Waals surface area contributed by atoms with Gasteiger partial charge in [-0.3, -0.25) is 4.79 Å². The first-order valence-corrected chi connectivity index (χ1v) is 7.84. The van der Waals surface area contributed by atoms with E-state index in [4.69, 9.17) is 4.74 Å². The van der Waals surface area contributed by atoms with E-state index in [0.717, 1.165) is 5.56 Å². The summed E-state index contributed by atoms with van der Waals surface area (Å²) < 4.78 is 5.84. The van der Waals surface area contributed by atoms with Crippen molar-refractivity contribution in [2.75, 3.05) is 5.32 Å². The van der Waals surface area contributed by atoms with Crippen molar-refractivity contribution < 1.29 is 19.4 Å². The number of carboxylic acid groups (broad SMARTS) is 1. The second kappa shape index (κ2) is 6.00. The third-order valence-corrected chi connectivity index (χ3v) is 4.53. The topological polar surface area (TPSA) is 75.6 Å². The molecule has 24 heavy (non-hydrogen) atoms. The van der Waals surface area contributed by atoms with Crippen LogP contribution in [-0.4, -0.2) is 23.1 Å². The Morgan fingerprint density at radius 1 is 1.08 bits per heavy atom. The number of para-hydroxylation sites is 2. The van der Waals surface area contributed by atoms with Gasteiger partial charge in [-0.2, -0.15) is 0 Å². The average molecular weight is 325 g/mol. The average Bonchev–Trinajstić information content (AvgIpc) is 2.84. The highest BCUT2D eigenvalue weighted by molar-refractivity contribution is 6.10. The molecule has 5 heteroatoms. The van der Waals surface area contributed by atoms with Crippen LogP contribution in [-0.2, 0) is 0 Å². The first kappa shape index (κ1) is 16.1. The molecule has 0 radical (unpaired) electrons. The maximum absolute atomic E-state index is 12.7. The Bertz CT molecular complexity index is 828. The lowest BCUT2D eigenvalue weighted by Crippen LogP contribution is -2.17. The maximum atomic E-state index is 12.7. The minimum atomic E-state index is -1.08. The number of anilines is 1. The van der Waals surface area contributed by atoms with Gasteiger partial charge in [-0.05, 0) is 31.5 Å². The number of aromatic carboxylic acids is 1. The fourth-order valence-corrected chi connectivity index (χ4v) is 2.96. The summed E-state index contributed by atoms with van der Waals surface area (Å²) in [4.78, 5) is 24.1. The van der Waals surface area contributed by atoms with Crippen molar-refractivity contribution in [2.24, 2.45) is 0 Å². The van der Waals surface area contributed by atoms with Crippen molar-refractivity contribution in [1.29, 1.82) is 0 Å². The minimum Gasteiger partial charge on any atom is -0.489 e. The van der Waals surface area contributed by atoms with Gasteiger partial charge in [0.1, 0.15) is 11.9 Å². The Kier molecular flexibility index (Phi) is 4.01. The Hall–Kier alpha value is -2.82. The zero-order valence-electron chi connectivity index (χ0n) is 13.8. The van der Waals surface area contributed by atoms with Gasteiger partial charge in [0.15, 0.2) is 0 Å². The highest BCUT2D eigenvalue weighted by Crippen LogP contribution is 2.40. The molecule has 2 aromatic carbocycles. The maximum Gasteiger partial charge on any atom is 0.337 e. The third kappa shape index (κ3) is 2.62. The van der Waals surface area contributed by atoms with Crippen molar-refractivity contribution in [1.82, 2.24) is 0 Å². The number of carboxylic acids is 1. The molecule has 0 fully saturated rings. The summed E-state index contributed by atoms with van der Waals surface area (Å²) >= 11 is 0. The lowest BCUT2D eigenvalue weighted by atomic mass is 9.96. The van der Waals surface area contributed by atoms with Gasteiger partial charge >= 0.3 is 5.97 Å². The standard InChI is InChI=1S/C19H19NO4/c1-10-6-4-8-14(19(22)23)16(10)20-18(21)15-9-5-7-13-11(2)12(3)24-17(13)15/h4-9,11-12H,1-3H3,(H,20,21)(H,22,23). The summed E-state index contributed by atoms with van der Waals surface area (Å²) in [6.07, 6.45) is 0.00184. The van der Waals surface area contributed by atoms with Crippen LogP contribution in [0.2, 0.25) is 0 Å². The number of benzene rings is 2.